The molecule has 6 nitrogen and oxygen atoms in total. The van der Waals surface area contributed by atoms with Gasteiger partial charge in [-0.2, -0.15) is 0 Å². The van der Waals surface area contributed by atoms with Gasteiger partial charge in [0.05, 0.1) is 34.9 Å². The molecule has 0 saturated heterocycles. The summed E-state index contributed by atoms with van der Waals surface area (Å²) >= 11 is 6.13. The summed E-state index contributed by atoms with van der Waals surface area (Å²) in [5.41, 5.74) is 0.626. The van der Waals surface area contributed by atoms with Gasteiger partial charge in [-0.15, -0.1) is 0 Å². The first kappa shape index (κ1) is 14.4. The summed E-state index contributed by atoms with van der Waals surface area (Å²) in [5.74, 6) is 0.364. The minimum atomic E-state index is -3.20. The molecule has 2 heterocycles. The molecule has 22 heavy (non-hydrogen) atoms. The van der Waals surface area contributed by atoms with E-state index in [0.29, 0.717) is 17.9 Å². The molecule has 0 amide bonds. The van der Waals surface area contributed by atoms with Crippen LogP contribution in [0, 0.1) is 11.8 Å². The van der Waals surface area contributed by atoms with E-state index in [1.54, 1.807) is 29.2 Å². The van der Waals surface area contributed by atoms with Crippen molar-refractivity contribution in [3.05, 3.63) is 35.4 Å². The van der Waals surface area contributed by atoms with Crippen LogP contribution in [-0.4, -0.2) is 35.2 Å². The number of aliphatic hydroxyl groups is 1. The molecular weight excluding hydrogens is 326 g/mol. The predicted octanol–water partition coefficient (Wildman–Crippen LogP) is 1.13. The number of imidazole rings is 1. The summed E-state index contributed by atoms with van der Waals surface area (Å²) in [6, 6.07) is 1.73. The molecule has 0 spiro atoms. The molecule has 4 rings (SSSR count). The van der Waals surface area contributed by atoms with Crippen molar-refractivity contribution in [3.8, 4) is 0 Å². The van der Waals surface area contributed by atoms with Crippen LogP contribution in [0.3, 0.4) is 0 Å². The third-order valence-corrected chi connectivity index (χ3v) is 5.72. The van der Waals surface area contributed by atoms with E-state index in [4.69, 9.17) is 11.6 Å². The van der Waals surface area contributed by atoms with Crippen molar-refractivity contribution < 1.29 is 13.5 Å². The zero-order valence-electron chi connectivity index (χ0n) is 11.9. The van der Waals surface area contributed by atoms with Gasteiger partial charge in [0, 0.05) is 17.8 Å². The van der Waals surface area contributed by atoms with E-state index in [-0.39, 0.29) is 17.9 Å². The first-order valence-electron chi connectivity index (χ1n) is 7.08. The van der Waals surface area contributed by atoms with Gasteiger partial charge in [-0.25, -0.2) is 18.1 Å². The van der Waals surface area contributed by atoms with Gasteiger partial charge in [0.1, 0.15) is 0 Å². The average molecular weight is 342 g/mol. The van der Waals surface area contributed by atoms with Crippen molar-refractivity contribution in [2.45, 2.75) is 24.5 Å². The maximum absolute atomic E-state index is 11.3. The highest BCUT2D eigenvalue weighted by Gasteiger charge is 2.62. The Kier molecular flexibility index (Phi) is 2.92. The number of fused-ring (bicyclic) bond motifs is 2. The van der Waals surface area contributed by atoms with E-state index in [1.807, 2.05) is 0 Å². The number of nitrogens with zero attached hydrogens (tertiary/aromatic N) is 2. The van der Waals surface area contributed by atoms with E-state index >= 15 is 0 Å². The lowest BCUT2D eigenvalue weighted by Gasteiger charge is -2.27. The van der Waals surface area contributed by atoms with Crippen LogP contribution in [0.1, 0.15) is 18.4 Å². The zero-order chi connectivity index (χ0) is 15.7. The van der Waals surface area contributed by atoms with Crippen LogP contribution in [0.2, 0.25) is 5.02 Å². The van der Waals surface area contributed by atoms with Crippen molar-refractivity contribution in [2.24, 2.45) is 11.8 Å². The maximum Gasteiger partial charge on any atom is 0.208 e. The molecule has 2 aromatic heterocycles. The van der Waals surface area contributed by atoms with Crippen LogP contribution < -0.4 is 4.72 Å². The van der Waals surface area contributed by atoms with E-state index in [0.717, 1.165) is 11.1 Å². The van der Waals surface area contributed by atoms with Crippen LogP contribution >= 0.6 is 11.6 Å². The van der Waals surface area contributed by atoms with Crippen LogP contribution in [-0.2, 0) is 15.6 Å². The number of pyridine rings is 1. The quantitative estimate of drug-likeness (QED) is 0.876. The maximum atomic E-state index is 11.3. The largest absolute Gasteiger partial charge is 0.385 e. The fourth-order valence-electron chi connectivity index (χ4n) is 3.88. The Hall–Kier alpha value is -1.15. The smallest absolute Gasteiger partial charge is 0.208 e. The van der Waals surface area contributed by atoms with Gasteiger partial charge >= 0.3 is 0 Å². The Balaban J connectivity index is 1.64. The normalized spacial score (nSPS) is 34.0. The summed E-state index contributed by atoms with van der Waals surface area (Å²) in [6.07, 6.45) is 7.34. The van der Waals surface area contributed by atoms with Crippen LogP contribution in [0.4, 0.5) is 0 Å². The SMILES string of the molecule is CS(=O)(=O)NC1C2CC(O)(c3cc(Cl)cn4cncc34)CC21. The fraction of sp³-hybridized carbons (Fsp3) is 0.500. The molecule has 8 heteroatoms. The first-order valence-corrected chi connectivity index (χ1v) is 9.35. The summed E-state index contributed by atoms with van der Waals surface area (Å²) in [5, 5.41) is 11.6. The predicted molar refractivity (Wildman–Crippen MR) is 82.1 cm³/mol. The van der Waals surface area contributed by atoms with Gasteiger partial charge in [-0.05, 0) is 30.7 Å². The van der Waals surface area contributed by atoms with Crippen molar-refractivity contribution >= 4 is 27.1 Å². The highest BCUT2D eigenvalue weighted by atomic mass is 35.5. The number of nitrogens with one attached hydrogen (secondary N) is 1. The molecule has 0 radical (unpaired) electrons. The molecule has 2 aliphatic carbocycles. The molecule has 2 unspecified atom stereocenters. The number of sulfonamides is 1. The molecule has 118 valence electrons. The lowest BCUT2D eigenvalue weighted by molar-refractivity contribution is 0.0300. The second-order valence-corrected chi connectivity index (χ2v) is 8.66. The Morgan fingerprint density at radius 2 is 2.14 bits per heavy atom. The first-order chi connectivity index (χ1) is 10.3. The fourth-order valence-corrected chi connectivity index (χ4v) is 4.94. The van der Waals surface area contributed by atoms with Gasteiger partial charge in [0.25, 0.3) is 0 Å². The summed E-state index contributed by atoms with van der Waals surface area (Å²) in [4.78, 5) is 4.10. The van der Waals surface area contributed by atoms with Crippen LogP contribution in [0.5, 0.6) is 0 Å². The van der Waals surface area contributed by atoms with E-state index in [1.165, 1.54) is 6.26 Å². The Morgan fingerprint density at radius 1 is 1.45 bits per heavy atom. The number of aromatic nitrogens is 2. The van der Waals surface area contributed by atoms with Crippen LogP contribution in [0.15, 0.2) is 24.8 Å². The molecule has 2 aliphatic rings. The summed E-state index contributed by atoms with van der Waals surface area (Å²) in [6.45, 7) is 0. The van der Waals surface area contributed by atoms with Gasteiger partial charge in [0.2, 0.25) is 10.0 Å². The van der Waals surface area contributed by atoms with Gasteiger partial charge in [0.15, 0.2) is 0 Å². The second kappa shape index (κ2) is 4.44. The number of rotatable bonds is 3. The van der Waals surface area contributed by atoms with Crippen molar-refractivity contribution in [1.29, 1.82) is 0 Å². The number of hydrogen-bond donors (Lipinski definition) is 2. The summed E-state index contributed by atoms with van der Waals surface area (Å²) < 4.78 is 27.1. The molecule has 0 aliphatic heterocycles. The molecule has 2 fully saturated rings. The average Bonchev–Trinajstić information content (AvgIpc) is 2.83. The third-order valence-electron chi connectivity index (χ3n) is 4.82. The van der Waals surface area contributed by atoms with Crippen molar-refractivity contribution in [1.82, 2.24) is 14.1 Å². The van der Waals surface area contributed by atoms with E-state index in [9.17, 15) is 13.5 Å². The monoisotopic (exact) mass is 341 g/mol. The van der Waals surface area contributed by atoms with Crippen LogP contribution in [0.25, 0.3) is 5.52 Å². The van der Waals surface area contributed by atoms with E-state index < -0.39 is 15.6 Å². The van der Waals surface area contributed by atoms with Gasteiger partial charge in [-0.1, -0.05) is 11.6 Å². The molecule has 2 aromatic rings. The lowest BCUT2D eigenvalue weighted by atomic mass is 9.88. The van der Waals surface area contributed by atoms with Gasteiger partial charge in [-0.3, -0.25) is 0 Å². The minimum Gasteiger partial charge on any atom is -0.385 e. The number of hydrogen-bond acceptors (Lipinski definition) is 4. The Labute approximate surface area is 133 Å². The van der Waals surface area contributed by atoms with Crippen molar-refractivity contribution in [3.63, 3.8) is 0 Å². The molecule has 0 aromatic carbocycles. The second-order valence-electron chi connectivity index (χ2n) is 6.44. The van der Waals surface area contributed by atoms with E-state index in [2.05, 4.69) is 9.71 Å². The minimum absolute atomic E-state index is 0.0459. The highest BCUT2D eigenvalue weighted by molar-refractivity contribution is 7.88. The van der Waals surface area contributed by atoms with Gasteiger partial charge < -0.3 is 9.51 Å². The molecule has 2 atom stereocenters. The molecular formula is C14H16ClN3O3S. The topological polar surface area (TPSA) is 83.7 Å². The third kappa shape index (κ3) is 2.23. The molecule has 0 bridgehead atoms. The zero-order valence-corrected chi connectivity index (χ0v) is 13.5. The lowest BCUT2D eigenvalue weighted by Crippen LogP contribution is -2.33. The standard InChI is InChI=1S/C14H16ClN3O3S/c1-22(20,21)17-13-9-3-14(19,4-10(9)13)11-2-8(15)6-18-7-16-5-12(11)18/h2,5-7,9-10,13,17,19H,3-4H2,1H3. The Morgan fingerprint density at radius 3 is 2.77 bits per heavy atom. The highest BCUT2D eigenvalue weighted by Crippen LogP contribution is 2.60. The Bertz CT molecular complexity index is 851. The molecule has 2 N–H and O–H groups in total. The van der Waals surface area contributed by atoms with Crippen molar-refractivity contribution in [2.75, 3.05) is 6.26 Å². The summed E-state index contributed by atoms with van der Waals surface area (Å²) in [7, 11) is -3.20. The number of halogens is 1. The molecule has 2 saturated carbocycles.